The van der Waals surface area contributed by atoms with Crippen molar-refractivity contribution in [3.63, 3.8) is 0 Å². The van der Waals surface area contributed by atoms with Crippen LogP contribution < -0.4 is 10.3 Å². The van der Waals surface area contributed by atoms with Gasteiger partial charge >= 0.3 is 5.97 Å². The molecular formula is C16H19FN2O4. The number of carbonyl (C=O) groups is 1. The molecule has 6 nitrogen and oxygen atoms in total. The third-order valence-corrected chi connectivity index (χ3v) is 3.34. The minimum Gasteiger partial charge on any atom is -0.476 e. The van der Waals surface area contributed by atoms with Crippen molar-refractivity contribution in [2.24, 2.45) is 0 Å². The predicted molar refractivity (Wildman–Crippen MR) is 82.9 cm³/mol. The molecule has 2 aromatic rings. The SMILES string of the molecule is CC(=O)O[C@H](C)CCCCOc1n[nH]c(=O)c2c(F)cccc12. The van der Waals surface area contributed by atoms with Crippen molar-refractivity contribution in [1.82, 2.24) is 10.2 Å². The summed E-state index contributed by atoms with van der Waals surface area (Å²) in [6, 6.07) is 4.32. The number of benzene rings is 1. The molecule has 1 heterocycles. The highest BCUT2D eigenvalue weighted by atomic mass is 19.1. The third kappa shape index (κ3) is 4.51. The lowest BCUT2D eigenvalue weighted by Gasteiger charge is -2.11. The van der Waals surface area contributed by atoms with Gasteiger partial charge in [-0.3, -0.25) is 9.59 Å². The molecule has 23 heavy (non-hydrogen) atoms. The summed E-state index contributed by atoms with van der Waals surface area (Å²) in [5, 5.41) is 6.35. The molecule has 0 bridgehead atoms. The van der Waals surface area contributed by atoms with E-state index in [0.717, 1.165) is 19.3 Å². The van der Waals surface area contributed by atoms with Gasteiger partial charge in [0.1, 0.15) is 5.82 Å². The maximum absolute atomic E-state index is 13.7. The first-order chi connectivity index (χ1) is 11.0. The van der Waals surface area contributed by atoms with E-state index < -0.39 is 11.4 Å². The van der Waals surface area contributed by atoms with E-state index >= 15 is 0 Å². The van der Waals surface area contributed by atoms with E-state index in [-0.39, 0.29) is 23.3 Å². The minimum atomic E-state index is -0.605. The monoisotopic (exact) mass is 322 g/mol. The summed E-state index contributed by atoms with van der Waals surface area (Å²) in [5.41, 5.74) is -0.583. The lowest BCUT2D eigenvalue weighted by Crippen LogP contribution is -2.13. The molecule has 0 radical (unpaired) electrons. The number of fused-ring (bicyclic) bond motifs is 1. The smallest absolute Gasteiger partial charge is 0.302 e. The summed E-state index contributed by atoms with van der Waals surface area (Å²) in [6.45, 7) is 3.59. The van der Waals surface area contributed by atoms with Crippen LogP contribution in [-0.4, -0.2) is 28.9 Å². The maximum atomic E-state index is 13.7. The molecule has 0 aliphatic rings. The van der Waals surface area contributed by atoms with Crippen LogP contribution in [0.25, 0.3) is 10.8 Å². The molecule has 7 heteroatoms. The molecule has 2 rings (SSSR count). The molecule has 1 N–H and O–H groups in total. The van der Waals surface area contributed by atoms with Gasteiger partial charge in [-0.25, -0.2) is 9.49 Å². The zero-order valence-corrected chi connectivity index (χ0v) is 13.1. The Balaban J connectivity index is 1.91. The lowest BCUT2D eigenvalue weighted by atomic mass is 10.2. The topological polar surface area (TPSA) is 81.3 Å². The highest BCUT2D eigenvalue weighted by Crippen LogP contribution is 2.21. The van der Waals surface area contributed by atoms with E-state index in [1.54, 1.807) is 6.07 Å². The van der Waals surface area contributed by atoms with Gasteiger partial charge in [0.25, 0.3) is 5.56 Å². The fourth-order valence-electron chi connectivity index (χ4n) is 2.31. The molecule has 1 aromatic heterocycles. The Morgan fingerprint density at radius 1 is 1.39 bits per heavy atom. The largest absolute Gasteiger partial charge is 0.476 e. The molecule has 0 spiro atoms. The zero-order chi connectivity index (χ0) is 16.8. The number of carbonyl (C=O) groups excluding carboxylic acids is 1. The van der Waals surface area contributed by atoms with Gasteiger partial charge in [-0.2, -0.15) is 0 Å². The third-order valence-electron chi connectivity index (χ3n) is 3.34. The molecule has 0 amide bonds. The van der Waals surface area contributed by atoms with Gasteiger partial charge in [0.05, 0.1) is 23.5 Å². The lowest BCUT2D eigenvalue weighted by molar-refractivity contribution is -0.145. The zero-order valence-electron chi connectivity index (χ0n) is 13.1. The van der Waals surface area contributed by atoms with E-state index in [9.17, 15) is 14.0 Å². The van der Waals surface area contributed by atoms with Crippen LogP contribution in [0.4, 0.5) is 4.39 Å². The summed E-state index contributed by atoms with van der Waals surface area (Å²) in [7, 11) is 0. The molecule has 0 aliphatic heterocycles. The van der Waals surface area contributed by atoms with Crippen LogP contribution in [-0.2, 0) is 9.53 Å². The van der Waals surface area contributed by atoms with Gasteiger partial charge in [-0.15, -0.1) is 5.10 Å². The van der Waals surface area contributed by atoms with E-state index in [1.807, 2.05) is 6.92 Å². The average molecular weight is 322 g/mol. The molecule has 0 fully saturated rings. The van der Waals surface area contributed by atoms with Crippen LogP contribution in [0.3, 0.4) is 0 Å². The summed E-state index contributed by atoms with van der Waals surface area (Å²) in [6.07, 6.45) is 2.14. The Morgan fingerprint density at radius 2 is 2.17 bits per heavy atom. The van der Waals surface area contributed by atoms with Crippen molar-refractivity contribution in [3.8, 4) is 5.88 Å². The van der Waals surface area contributed by atoms with Crippen molar-refractivity contribution in [1.29, 1.82) is 0 Å². The van der Waals surface area contributed by atoms with E-state index in [2.05, 4.69) is 10.2 Å². The molecule has 0 saturated heterocycles. The van der Waals surface area contributed by atoms with Crippen molar-refractivity contribution >= 4 is 16.7 Å². The molecule has 124 valence electrons. The second-order valence-electron chi connectivity index (χ2n) is 5.28. The Kier molecular flexibility index (Phi) is 5.67. The summed E-state index contributed by atoms with van der Waals surface area (Å²) >= 11 is 0. The molecule has 1 atom stereocenters. The number of halogens is 1. The average Bonchev–Trinajstić information content (AvgIpc) is 2.48. The Hall–Kier alpha value is -2.44. The Morgan fingerprint density at radius 3 is 2.91 bits per heavy atom. The highest BCUT2D eigenvalue weighted by molar-refractivity contribution is 5.86. The van der Waals surface area contributed by atoms with Crippen LogP contribution in [0.15, 0.2) is 23.0 Å². The Bertz CT molecular complexity index is 744. The number of nitrogens with one attached hydrogen (secondary N) is 1. The number of rotatable bonds is 7. The number of ether oxygens (including phenoxy) is 2. The first-order valence-electron chi connectivity index (χ1n) is 7.46. The molecule has 0 unspecified atom stereocenters. The fourth-order valence-corrected chi connectivity index (χ4v) is 2.31. The highest BCUT2D eigenvalue weighted by Gasteiger charge is 2.11. The van der Waals surface area contributed by atoms with Gasteiger partial charge < -0.3 is 9.47 Å². The molecule has 0 aliphatic carbocycles. The standard InChI is InChI=1S/C16H19FN2O4/c1-10(23-11(2)20)6-3-4-9-22-16-12-7-5-8-13(17)14(12)15(21)18-19-16/h5,7-8,10H,3-4,6,9H2,1-2H3,(H,18,21)/t10-/m1/s1. The van der Waals surface area contributed by atoms with Crippen LogP contribution in [0.5, 0.6) is 5.88 Å². The van der Waals surface area contributed by atoms with Crippen molar-refractivity contribution in [2.75, 3.05) is 6.61 Å². The number of aromatic amines is 1. The van der Waals surface area contributed by atoms with E-state index in [1.165, 1.54) is 19.1 Å². The van der Waals surface area contributed by atoms with Gasteiger partial charge in [-0.05, 0) is 38.3 Å². The second kappa shape index (κ2) is 7.71. The molecular weight excluding hydrogens is 303 g/mol. The van der Waals surface area contributed by atoms with Gasteiger partial charge in [0, 0.05) is 6.92 Å². The quantitative estimate of drug-likeness (QED) is 0.626. The first kappa shape index (κ1) is 16.9. The van der Waals surface area contributed by atoms with Gasteiger partial charge in [0.15, 0.2) is 0 Å². The summed E-state index contributed by atoms with van der Waals surface area (Å²) < 4.78 is 24.3. The van der Waals surface area contributed by atoms with Gasteiger partial charge in [0.2, 0.25) is 5.88 Å². The number of esters is 1. The number of hydrogen-bond acceptors (Lipinski definition) is 5. The first-order valence-corrected chi connectivity index (χ1v) is 7.46. The molecule has 1 aromatic carbocycles. The normalized spacial score (nSPS) is 12.1. The number of H-pyrrole nitrogens is 1. The number of aromatic nitrogens is 2. The second-order valence-corrected chi connectivity index (χ2v) is 5.28. The van der Waals surface area contributed by atoms with E-state index in [0.29, 0.717) is 12.0 Å². The summed E-state index contributed by atoms with van der Waals surface area (Å²) in [5.74, 6) is -0.696. The van der Waals surface area contributed by atoms with Crippen molar-refractivity contribution in [2.45, 2.75) is 39.2 Å². The van der Waals surface area contributed by atoms with Crippen LogP contribution in [0, 0.1) is 5.82 Å². The van der Waals surface area contributed by atoms with Crippen molar-refractivity contribution < 1.29 is 18.7 Å². The maximum Gasteiger partial charge on any atom is 0.302 e. The number of nitrogens with zero attached hydrogens (tertiary/aromatic N) is 1. The van der Waals surface area contributed by atoms with E-state index in [4.69, 9.17) is 9.47 Å². The predicted octanol–water partition coefficient (Wildman–Crippen LogP) is 2.56. The van der Waals surface area contributed by atoms with Crippen LogP contribution in [0.1, 0.15) is 33.1 Å². The summed E-state index contributed by atoms with van der Waals surface area (Å²) in [4.78, 5) is 22.4. The molecule has 0 saturated carbocycles. The fraction of sp³-hybridized carbons (Fsp3) is 0.438. The Labute approximate surface area is 132 Å². The number of unbranched alkanes of at least 4 members (excludes halogenated alkanes) is 1. The van der Waals surface area contributed by atoms with Gasteiger partial charge in [-0.1, -0.05) is 6.07 Å². The minimum absolute atomic E-state index is 0.0546. The number of hydrogen-bond donors (Lipinski definition) is 1. The van der Waals surface area contributed by atoms with Crippen LogP contribution in [0.2, 0.25) is 0 Å². The van der Waals surface area contributed by atoms with Crippen molar-refractivity contribution in [3.05, 3.63) is 34.4 Å². The van der Waals surface area contributed by atoms with Crippen LogP contribution >= 0.6 is 0 Å².